The molecule has 0 aromatic carbocycles. The first-order valence-corrected chi connectivity index (χ1v) is 6.83. The molecule has 0 bridgehead atoms. The number of aliphatic hydroxyl groups excluding tert-OH is 1. The second kappa shape index (κ2) is 4.16. The third kappa shape index (κ3) is 2.46. The quantitative estimate of drug-likeness (QED) is 0.721. The number of hydrogen-bond acceptors (Lipinski definition) is 4. The highest BCUT2D eigenvalue weighted by molar-refractivity contribution is 7.91. The van der Waals surface area contributed by atoms with Crippen molar-refractivity contribution in [1.29, 1.82) is 0 Å². The summed E-state index contributed by atoms with van der Waals surface area (Å²) in [5.41, 5.74) is 0. The van der Waals surface area contributed by atoms with Gasteiger partial charge in [0.2, 0.25) is 0 Å². The lowest BCUT2D eigenvalue weighted by atomic mass is 10.1. The highest BCUT2D eigenvalue weighted by Gasteiger charge is 2.40. The van der Waals surface area contributed by atoms with Crippen LogP contribution in [0, 0.1) is 0 Å². The zero-order valence-corrected chi connectivity index (χ0v) is 9.79. The molecule has 0 spiro atoms. The van der Waals surface area contributed by atoms with Crippen LogP contribution in [0.4, 0.5) is 0 Å². The van der Waals surface area contributed by atoms with E-state index in [4.69, 9.17) is 0 Å². The standard InChI is InChI=1S/C9H19NO3S/c1-4-10(7(2)3)8-5-14(12,13)6-9(8)11/h7-9,11H,4-6H2,1-3H3. The monoisotopic (exact) mass is 221 g/mol. The Bertz CT molecular complexity index is 286. The van der Waals surface area contributed by atoms with Crippen LogP contribution < -0.4 is 0 Å². The summed E-state index contributed by atoms with van der Waals surface area (Å²) in [7, 11) is -3.02. The maximum absolute atomic E-state index is 11.3. The predicted molar refractivity (Wildman–Crippen MR) is 56.0 cm³/mol. The van der Waals surface area contributed by atoms with E-state index in [1.807, 2.05) is 25.7 Å². The molecule has 0 aliphatic carbocycles. The minimum Gasteiger partial charge on any atom is -0.390 e. The number of rotatable bonds is 3. The van der Waals surface area contributed by atoms with E-state index >= 15 is 0 Å². The van der Waals surface area contributed by atoms with Gasteiger partial charge in [0.05, 0.1) is 23.7 Å². The Morgan fingerprint density at radius 3 is 2.29 bits per heavy atom. The van der Waals surface area contributed by atoms with Crippen LogP contribution in [0.3, 0.4) is 0 Å². The average molecular weight is 221 g/mol. The van der Waals surface area contributed by atoms with E-state index in [1.165, 1.54) is 0 Å². The molecule has 1 saturated heterocycles. The van der Waals surface area contributed by atoms with Gasteiger partial charge in [0.1, 0.15) is 0 Å². The molecular formula is C9H19NO3S. The van der Waals surface area contributed by atoms with E-state index in [-0.39, 0.29) is 23.6 Å². The Morgan fingerprint density at radius 1 is 1.43 bits per heavy atom. The van der Waals surface area contributed by atoms with Crippen molar-refractivity contribution in [2.24, 2.45) is 0 Å². The number of sulfone groups is 1. The average Bonchev–Trinajstić information content (AvgIpc) is 2.26. The van der Waals surface area contributed by atoms with E-state index in [0.29, 0.717) is 0 Å². The topological polar surface area (TPSA) is 57.6 Å². The molecule has 1 fully saturated rings. The minimum absolute atomic E-state index is 0.0825. The van der Waals surface area contributed by atoms with Gasteiger partial charge in [-0.15, -0.1) is 0 Å². The molecule has 2 unspecified atom stereocenters. The van der Waals surface area contributed by atoms with Gasteiger partial charge in [0.15, 0.2) is 9.84 Å². The summed E-state index contributed by atoms with van der Waals surface area (Å²) < 4.78 is 22.6. The fraction of sp³-hybridized carbons (Fsp3) is 1.00. The molecule has 0 saturated carbocycles. The van der Waals surface area contributed by atoms with E-state index < -0.39 is 15.9 Å². The molecule has 1 rings (SSSR count). The minimum atomic E-state index is -3.02. The summed E-state index contributed by atoms with van der Waals surface area (Å²) in [6, 6.07) is 0.0537. The molecule has 0 radical (unpaired) electrons. The maximum atomic E-state index is 11.3. The van der Waals surface area contributed by atoms with Crippen LogP contribution >= 0.6 is 0 Å². The smallest absolute Gasteiger partial charge is 0.154 e. The van der Waals surface area contributed by atoms with Crippen LogP contribution in [0.5, 0.6) is 0 Å². The van der Waals surface area contributed by atoms with Crippen LogP contribution in [0.2, 0.25) is 0 Å². The van der Waals surface area contributed by atoms with E-state index in [2.05, 4.69) is 0 Å². The molecule has 14 heavy (non-hydrogen) atoms. The Labute approximate surface area is 85.8 Å². The van der Waals surface area contributed by atoms with Crippen molar-refractivity contribution in [3.63, 3.8) is 0 Å². The zero-order valence-electron chi connectivity index (χ0n) is 8.97. The Morgan fingerprint density at radius 2 is 2.00 bits per heavy atom. The molecule has 2 atom stereocenters. The summed E-state index contributed by atoms with van der Waals surface area (Å²) in [4.78, 5) is 2.04. The summed E-state index contributed by atoms with van der Waals surface area (Å²) >= 11 is 0. The van der Waals surface area contributed by atoms with Crippen molar-refractivity contribution in [1.82, 2.24) is 4.90 Å². The maximum Gasteiger partial charge on any atom is 0.154 e. The molecular weight excluding hydrogens is 202 g/mol. The predicted octanol–water partition coefficient (Wildman–Crippen LogP) is -0.125. The number of nitrogens with zero attached hydrogens (tertiary/aromatic N) is 1. The summed E-state index contributed by atoms with van der Waals surface area (Å²) in [5, 5.41) is 9.65. The van der Waals surface area contributed by atoms with Gasteiger partial charge in [-0.05, 0) is 20.4 Å². The van der Waals surface area contributed by atoms with Gasteiger partial charge in [-0.1, -0.05) is 6.92 Å². The molecule has 1 aliphatic heterocycles. The molecule has 0 aromatic heterocycles. The molecule has 4 nitrogen and oxygen atoms in total. The van der Waals surface area contributed by atoms with Crippen LogP contribution in [-0.2, 0) is 9.84 Å². The fourth-order valence-electron chi connectivity index (χ4n) is 2.11. The van der Waals surface area contributed by atoms with E-state index in [1.54, 1.807) is 0 Å². The van der Waals surface area contributed by atoms with Crippen molar-refractivity contribution in [2.45, 2.75) is 39.0 Å². The lowest BCUT2D eigenvalue weighted by Crippen LogP contribution is -2.46. The van der Waals surface area contributed by atoms with Crippen molar-refractivity contribution >= 4 is 9.84 Å². The largest absolute Gasteiger partial charge is 0.390 e. The van der Waals surface area contributed by atoms with Crippen LogP contribution in [0.25, 0.3) is 0 Å². The number of likely N-dealkylation sites (N-methyl/N-ethyl adjacent to an activating group) is 1. The van der Waals surface area contributed by atoms with Crippen LogP contribution in [0.15, 0.2) is 0 Å². The van der Waals surface area contributed by atoms with Gasteiger partial charge in [0.25, 0.3) is 0 Å². The van der Waals surface area contributed by atoms with Gasteiger partial charge in [-0.25, -0.2) is 8.42 Å². The highest BCUT2D eigenvalue weighted by Crippen LogP contribution is 2.20. The molecule has 0 aromatic rings. The van der Waals surface area contributed by atoms with Gasteiger partial charge in [-0.3, -0.25) is 4.90 Å². The molecule has 5 heteroatoms. The zero-order chi connectivity index (χ0) is 10.9. The number of hydrogen-bond donors (Lipinski definition) is 1. The van der Waals surface area contributed by atoms with Gasteiger partial charge >= 0.3 is 0 Å². The molecule has 1 heterocycles. The Balaban J connectivity index is 2.78. The number of aliphatic hydroxyl groups is 1. The lowest BCUT2D eigenvalue weighted by molar-refractivity contribution is 0.0673. The van der Waals surface area contributed by atoms with Crippen molar-refractivity contribution in [3.05, 3.63) is 0 Å². The summed E-state index contributed by atoms with van der Waals surface area (Å²) in [6.45, 7) is 6.79. The normalized spacial score (nSPS) is 31.6. The first-order chi connectivity index (χ1) is 6.37. The second-order valence-corrected chi connectivity index (χ2v) is 6.29. The Hall–Kier alpha value is -0.130. The van der Waals surface area contributed by atoms with E-state index in [9.17, 15) is 13.5 Å². The van der Waals surface area contributed by atoms with Crippen molar-refractivity contribution in [2.75, 3.05) is 18.1 Å². The third-order valence-corrected chi connectivity index (χ3v) is 4.45. The molecule has 0 amide bonds. The highest BCUT2D eigenvalue weighted by atomic mass is 32.2. The fourth-order valence-corrected chi connectivity index (χ4v) is 3.92. The van der Waals surface area contributed by atoms with Crippen molar-refractivity contribution in [3.8, 4) is 0 Å². The molecule has 1 N–H and O–H groups in total. The van der Waals surface area contributed by atoms with Gasteiger partial charge in [-0.2, -0.15) is 0 Å². The lowest BCUT2D eigenvalue weighted by Gasteiger charge is -2.32. The van der Waals surface area contributed by atoms with Crippen LogP contribution in [0.1, 0.15) is 20.8 Å². The van der Waals surface area contributed by atoms with Gasteiger partial charge in [0, 0.05) is 6.04 Å². The van der Waals surface area contributed by atoms with E-state index in [0.717, 1.165) is 6.54 Å². The van der Waals surface area contributed by atoms with Gasteiger partial charge < -0.3 is 5.11 Å². The first-order valence-electron chi connectivity index (χ1n) is 5.01. The molecule has 1 aliphatic rings. The van der Waals surface area contributed by atoms with Crippen molar-refractivity contribution < 1.29 is 13.5 Å². The first kappa shape index (κ1) is 11.9. The SMILES string of the molecule is CCN(C(C)C)C1CS(=O)(=O)CC1O. The van der Waals surface area contributed by atoms with Crippen LogP contribution in [-0.4, -0.2) is 54.7 Å². The third-order valence-electron chi connectivity index (χ3n) is 2.75. The summed E-state index contributed by atoms with van der Waals surface area (Å²) in [5.74, 6) is 0.0150. The Kier molecular flexibility index (Phi) is 3.55. The second-order valence-electron chi connectivity index (χ2n) is 4.14. The molecule has 84 valence electrons. The summed E-state index contributed by atoms with van der Waals surface area (Å²) in [6.07, 6.45) is -0.720.